The molecule has 0 unspecified atom stereocenters. The van der Waals surface area contributed by atoms with Crippen molar-refractivity contribution in [1.29, 1.82) is 0 Å². The second-order valence-corrected chi connectivity index (χ2v) is 3.99. The van der Waals surface area contributed by atoms with Gasteiger partial charge in [0, 0.05) is 12.4 Å². The number of ether oxygens (including phenoxy) is 1. The molecule has 0 aliphatic carbocycles. The third-order valence-electron chi connectivity index (χ3n) is 2.89. The average molecular weight is 236 g/mol. The molecule has 0 radical (unpaired) electrons. The summed E-state index contributed by atoms with van der Waals surface area (Å²) >= 11 is 0. The van der Waals surface area contributed by atoms with Crippen LogP contribution in [0.1, 0.15) is 0 Å². The zero-order valence-electron chi connectivity index (χ0n) is 10.00. The molecule has 2 aromatic carbocycles. The molecule has 3 heteroatoms. The second kappa shape index (κ2) is 4.45. The molecule has 3 aromatic rings. The Kier molecular flexibility index (Phi) is 2.65. The minimum Gasteiger partial charge on any atom is -0.497 e. The van der Waals surface area contributed by atoms with E-state index in [0.717, 1.165) is 27.9 Å². The summed E-state index contributed by atoms with van der Waals surface area (Å²) in [7, 11) is 1.67. The molecule has 18 heavy (non-hydrogen) atoms. The lowest BCUT2D eigenvalue weighted by atomic mass is 10.0. The summed E-state index contributed by atoms with van der Waals surface area (Å²) < 4.78 is 5.15. The predicted octanol–water partition coefficient (Wildman–Crippen LogP) is 3.31. The summed E-state index contributed by atoms with van der Waals surface area (Å²) in [6, 6.07) is 14.1. The largest absolute Gasteiger partial charge is 0.497 e. The van der Waals surface area contributed by atoms with Crippen molar-refractivity contribution in [2.45, 2.75) is 0 Å². The summed E-state index contributed by atoms with van der Waals surface area (Å²) in [4.78, 5) is 8.57. The Labute approximate surface area is 105 Å². The predicted molar refractivity (Wildman–Crippen MR) is 71.5 cm³/mol. The van der Waals surface area contributed by atoms with Gasteiger partial charge in [-0.3, -0.25) is 9.97 Å². The van der Waals surface area contributed by atoms with Gasteiger partial charge in [-0.2, -0.15) is 0 Å². The van der Waals surface area contributed by atoms with E-state index in [1.807, 2.05) is 36.4 Å². The molecule has 0 aliphatic rings. The van der Waals surface area contributed by atoms with Gasteiger partial charge >= 0.3 is 0 Å². The van der Waals surface area contributed by atoms with E-state index in [1.165, 1.54) is 0 Å². The van der Waals surface area contributed by atoms with Crippen LogP contribution < -0.4 is 4.74 Å². The SMILES string of the molecule is COc1ccc(-c2ccc3nccnc3c2)cc1. The van der Waals surface area contributed by atoms with Crippen molar-refractivity contribution in [3.8, 4) is 16.9 Å². The van der Waals surface area contributed by atoms with Gasteiger partial charge in [0.05, 0.1) is 18.1 Å². The van der Waals surface area contributed by atoms with Crippen LogP contribution in [-0.4, -0.2) is 17.1 Å². The van der Waals surface area contributed by atoms with Crippen LogP contribution >= 0.6 is 0 Å². The number of benzene rings is 2. The third kappa shape index (κ3) is 1.91. The minimum atomic E-state index is 0.860. The number of aromatic nitrogens is 2. The molecule has 0 saturated heterocycles. The zero-order valence-corrected chi connectivity index (χ0v) is 10.00. The molecule has 0 atom stereocenters. The van der Waals surface area contributed by atoms with Crippen molar-refractivity contribution in [2.24, 2.45) is 0 Å². The lowest BCUT2D eigenvalue weighted by Gasteiger charge is -2.04. The first-order valence-corrected chi connectivity index (χ1v) is 5.72. The van der Waals surface area contributed by atoms with Crippen LogP contribution in [-0.2, 0) is 0 Å². The molecule has 0 N–H and O–H groups in total. The highest BCUT2D eigenvalue weighted by molar-refractivity contribution is 5.81. The Morgan fingerprint density at radius 2 is 1.44 bits per heavy atom. The van der Waals surface area contributed by atoms with E-state index in [2.05, 4.69) is 16.0 Å². The van der Waals surface area contributed by atoms with E-state index in [1.54, 1.807) is 19.5 Å². The van der Waals surface area contributed by atoms with Crippen molar-refractivity contribution in [3.05, 3.63) is 54.9 Å². The minimum absolute atomic E-state index is 0.860. The number of methoxy groups -OCH3 is 1. The number of nitrogens with zero attached hydrogens (tertiary/aromatic N) is 2. The monoisotopic (exact) mass is 236 g/mol. The van der Waals surface area contributed by atoms with Gasteiger partial charge in [-0.1, -0.05) is 18.2 Å². The highest BCUT2D eigenvalue weighted by Crippen LogP contribution is 2.24. The molecule has 88 valence electrons. The first-order valence-electron chi connectivity index (χ1n) is 5.72. The average Bonchev–Trinajstić information content (AvgIpc) is 2.47. The highest BCUT2D eigenvalue weighted by Gasteiger charge is 2.01. The van der Waals surface area contributed by atoms with Crippen LogP contribution in [0.5, 0.6) is 5.75 Å². The quantitative estimate of drug-likeness (QED) is 0.684. The molecule has 0 aliphatic heterocycles. The molecule has 1 heterocycles. The Balaban J connectivity index is 2.07. The Morgan fingerprint density at radius 3 is 2.17 bits per heavy atom. The summed E-state index contributed by atoms with van der Waals surface area (Å²) in [5, 5.41) is 0. The van der Waals surface area contributed by atoms with E-state index < -0.39 is 0 Å². The molecule has 0 bridgehead atoms. The molecule has 1 aromatic heterocycles. The van der Waals surface area contributed by atoms with E-state index >= 15 is 0 Å². The van der Waals surface area contributed by atoms with Gasteiger partial charge in [0.2, 0.25) is 0 Å². The van der Waals surface area contributed by atoms with Crippen molar-refractivity contribution >= 4 is 11.0 Å². The molecule has 3 nitrogen and oxygen atoms in total. The van der Waals surface area contributed by atoms with Gasteiger partial charge in [0.1, 0.15) is 5.75 Å². The third-order valence-corrected chi connectivity index (χ3v) is 2.89. The molecule has 3 rings (SSSR count). The number of fused-ring (bicyclic) bond motifs is 1. The van der Waals surface area contributed by atoms with Crippen LogP contribution in [0.25, 0.3) is 22.2 Å². The van der Waals surface area contributed by atoms with E-state index in [9.17, 15) is 0 Å². The summed E-state index contributed by atoms with van der Waals surface area (Å²) in [5.74, 6) is 0.860. The second-order valence-electron chi connectivity index (χ2n) is 3.99. The Bertz CT molecular complexity index is 677. The number of hydrogen-bond acceptors (Lipinski definition) is 3. The van der Waals surface area contributed by atoms with E-state index in [-0.39, 0.29) is 0 Å². The highest BCUT2D eigenvalue weighted by atomic mass is 16.5. The molecule has 0 spiro atoms. The Hall–Kier alpha value is -2.42. The summed E-state index contributed by atoms with van der Waals surface area (Å²) in [6.45, 7) is 0. The Morgan fingerprint density at radius 1 is 0.778 bits per heavy atom. The van der Waals surface area contributed by atoms with Gasteiger partial charge in [0.25, 0.3) is 0 Å². The fraction of sp³-hybridized carbons (Fsp3) is 0.0667. The van der Waals surface area contributed by atoms with E-state index in [0.29, 0.717) is 0 Å². The van der Waals surface area contributed by atoms with Gasteiger partial charge < -0.3 is 4.74 Å². The molecular formula is C15H12N2O. The van der Waals surface area contributed by atoms with Crippen LogP contribution in [0.15, 0.2) is 54.9 Å². The van der Waals surface area contributed by atoms with Gasteiger partial charge in [-0.25, -0.2) is 0 Å². The zero-order chi connectivity index (χ0) is 12.4. The van der Waals surface area contributed by atoms with Crippen molar-refractivity contribution in [3.63, 3.8) is 0 Å². The first-order chi connectivity index (χ1) is 8.86. The van der Waals surface area contributed by atoms with Gasteiger partial charge in [0.15, 0.2) is 0 Å². The smallest absolute Gasteiger partial charge is 0.118 e. The molecule has 0 fully saturated rings. The van der Waals surface area contributed by atoms with Crippen molar-refractivity contribution < 1.29 is 4.74 Å². The molecular weight excluding hydrogens is 224 g/mol. The van der Waals surface area contributed by atoms with Crippen molar-refractivity contribution in [2.75, 3.05) is 7.11 Å². The maximum absolute atomic E-state index is 5.15. The van der Waals surface area contributed by atoms with Crippen LogP contribution in [0, 0.1) is 0 Å². The maximum Gasteiger partial charge on any atom is 0.118 e. The standard InChI is InChI=1S/C15H12N2O/c1-18-13-5-2-11(3-6-13)12-4-7-14-15(10-12)17-9-8-16-14/h2-10H,1H3. The van der Waals surface area contributed by atoms with Crippen LogP contribution in [0.2, 0.25) is 0 Å². The van der Waals surface area contributed by atoms with Crippen molar-refractivity contribution in [1.82, 2.24) is 9.97 Å². The van der Waals surface area contributed by atoms with Crippen LogP contribution in [0.4, 0.5) is 0 Å². The van der Waals surface area contributed by atoms with Gasteiger partial charge in [-0.15, -0.1) is 0 Å². The lowest BCUT2D eigenvalue weighted by Crippen LogP contribution is -1.85. The first kappa shape index (κ1) is 10.7. The molecule has 0 saturated carbocycles. The topological polar surface area (TPSA) is 35.0 Å². The lowest BCUT2D eigenvalue weighted by molar-refractivity contribution is 0.415. The fourth-order valence-electron chi connectivity index (χ4n) is 1.93. The van der Waals surface area contributed by atoms with E-state index in [4.69, 9.17) is 4.74 Å². The summed E-state index contributed by atoms with van der Waals surface area (Å²) in [5.41, 5.74) is 4.09. The molecule has 0 amide bonds. The fourth-order valence-corrected chi connectivity index (χ4v) is 1.93. The normalized spacial score (nSPS) is 10.5. The van der Waals surface area contributed by atoms with Gasteiger partial charge in [-0.05, 0) is 35.4 Å². The maximum atomic E-state index is 5.15. The number of rotatable bonds is 2. The van der Waals surface area contributed by atoms with Crippen LogP contribution in [0.3, 0.4) is 0 Å². The summed E-state index contributed by atoms with van der Waals surface area (Å²) in [6.07, 6.45) is 3.41. The number of hydrogen-bond donors (Lipinski definition) is 0.